The molecule has 0 saturated heterocycles. The van der Waals surface area contributed by atoms with Gasteiger partial charge in [-0.15, -0.1) is 0 Å². The molecule has 6 aliphatic carbocycles. The molecular formula is C88H151O3P. The molecule has 0 aromatic heterocycles. The van der Waals surface area contributed by atoms with Gasteiger partial charge < -0.3 is 13.9 Å². The average molecular weight is 1290 g/mol. The second-order valence-electron chi connectivity index (χ2n) is 33.0. The third-order valence-corrected chi connectivity index (χ3v) is 27.6. The van der Waals surface area contributed by atoms with E-state index in [0.717, 1.165) is 86.9 Å². The lowest BCUT2D eigenvalue weighted by molar-refractivity contribution is -0.0456. The first-order valence-electron chi connectivity index (χ1n) is 42.5. The van der Waals surface area contributed by atoms with Crippen LogP contribution in [0.4, 0.5) is 0 Å². The first-order chi connectivity index (χ1) is 45.6. The van der Waals surface area contributed by atoms with E-state index in [1.807, 2.05) is 0 Å². The lowest BCUT2D eigenvalue weighted by atomic mass is 9.51. The monoisotopic (exact) mass is 1290 g/mol. The van der Waals surface area contributed by atoms with Gasteiger partial charge in [0.2, 0.25) is 0 Å². The maximum Gasteiger partial charge on any atom is 0.330 e. The Kier molecular flexibility index (Phi) is 39.7. The van der Waals surface area contributed by atoms with E-state index in [1.165, 1.54) is 384 Å². The Balaban J connectivity index is 1.08. The smallest absolute Gasteiger partial charge is 0.328 e. The highest BCUT2D eigenvalue weighted by Crippen LogP contribution is 2.60. The zero-order valence-electron chi connectivity index (χ0n) is 60.8. The molecule has 526 valence electrons. The second kappa shape index (κ2) is 47.7. The van der Waals surface area contributed by atoms with E-state index < -0.39 is 8.60 Å². The Labute approximate surface area is 573 Å². The van der Waals surface area contributed by atoms with Crippen LogP contribution in [0.1, 0.15) is 422 Å². The molecule has 0 spiro atoms. The normalized spacial score (nSPS) is 23.5. The van der Waals surface area contributed by atoms with Gasteiger partial charge in [-0.1, -0.05) is 343 Å². The van der Waals surface area contributed by atoms with Gasteiger partial charge in [-0.05, 0) is 199 Å². The summed E-state index contributed by atoms with van der Waals surface area (Å²) in [6.45, 7) is 0. The van der Waals surface area contributed by atoms with Gasteiger partial charge in [-0.25, -0.2) is 0 Å². The molecule has 0 radical (unpaired) electrons. The highest BCUT2D eigenvalue weighted by atomic mass is 31.2. The Morgan fingerprint density at radius 1 is 0.272 bits per heavy atom. The van der Waals surface area contributed by atoms with Crippen LogP contribution in [0.25, 0.3) is 0 Å². The molecule has 0 aliphatic heterocycles. The van der Waals surface area contributed by atoms with Gasteiger partial charge in [0.25, 0.3) is 0 Å². The van der Waals surface area contributed by atoms with Crippen molar-refractivity contribution in [3.8, 4) is 0 Å². The first-order valence-corrected chi connectivity index (χ1v) is 43.7. The summed E-state index contributed by atoms with van der Waals surface area (Å²) in [5.74, 6) is 5.14. The van der Waals surface area contributed by atoms with Crippen LogP contribution >= 0.6 is 8.60 Å². The highest BCUT2D eigenvalue weighted by molar-refractivity contribution is 7.40. The van der Waals surface area contributed by atoms with E-state index in [-0.39, 0.29) is 12.2 Å². The molecule has 6 aliphatic rings. The molecule has 3 nitrogen and oxygen atoms in total. The largest absolute Gasteiger partial charge is 0.330 e. The number of rotatable bonds is 26. The first kappa shape index (κ1) is 76.5. The summed E-state index contributed by atoms with van der Waals surface area (Å²) in [4.78, 5) is 12.8. The summed E-state index contributed by atoms with van der Waals surface area (Å²) in [7, 11) is -2.03. The van der Waals surface area contributed by atoms with Crippen molar-refractivity contribution in [3.63, 3.8) is 0 Å². The fourth-order valence-corrected chi connectivity index (χ4v) is 22.7. The van der Waals surface area contributed by atoms with E-state index >= 15 is 0 Å². The maximum atomic E-state index is 12.8. The maximum absolute atomic E-state index is 12.8. The summed E-state index contributed by atoms with van der Waals surface area (Å²) in [5, 5.41) is 0. The molecule has 0 amide bonds. The minimum Gasteiger partial charge on any atom is -0.328 e. The zero-order valence-corrected chi connectivity index (χ0v) is 61.7. The van der Waals surface area contributed by atoms with Crippen LogP contribution in [0, 0.1) is 46.3 Å². The SMILES string of the molecule is OP(OC(CCCc1ccccc1)CCCC(C1CCCCCCCCC1)(C1CCCCCCCCC1)C1CCCCCCCCC1)OC(CCCc1ccccc1)CCCC(C1CCCCCCCCC1)(C1CCCCCCCCC1)C1CCCCCCCCC1. The molecule has 6 saturated carbocycles. The molecule has 2 unspecified atom stereocenters. The van der Waals surface area contributed by atoms with Crippen molar-refractivity contribution in [1.82, 2.24) is 0 Å². The fourth-order valence-electron chi connectivity index (χ4n) is 21.7. The van der Waals surface area contributed by atoms with Crippen LogP contribution in [0.2, 0.25) is 0 Å². The summed E-state index contributed by atoms with van der Waals surface area (Å²) in [5.41, 5.74) is 3.71. The number of benzene rings is 2. The van der Waals surface area contributed by atoms with Crippen molar-refractivity contribution >= 4 is 8.60 Å². The van der Waals surface area contributed by atoms with E-state index in [1.54, 1.807) is 0 Å². The molecule has 4 heteroatoms. The average Bonchev–Trinajstić information content (AvgIpc) is 0.798. The molecule has 6 fully saturated rings. The van der Waals surface area contributed by atoms with Gasteiger partial charge >= 0.3 is 8.60 Å². The highest BCUT2D eigenvalue weighted by Gasteiger charge is 2.50. The van der Waals surface area contributed by atoms with E-state index in [4.69, 9.17) is 9.05 Å². The summed E-state index contributed by atoms with van der Waals surface area (Å²) in [6.07, 6.45) is 92.7. The van der Waals surface area contributed by atoms with Gasteiger partial charge in [0.1, 0.15) is 0 Å². The third-order valence-electron chi connectivity index (χ3n) is 26.6. The molecule has 2 aromatic carbocycles. The molecule has 0 heterocycles. The molecule has 1 N–H and O–H groups in total. The molecule has 92 heavy (non-hydrogen) atoms. The Hall–Kier alpha value is -1.25. The van der Waals surface area contributed by atoms with Crippen molar-refractivity contribution < 1.29 is 13.9 Å². The van der Waals surface area contributed by atoms with Crippen molar-refractivity contribution in [2.45, 2.75) is 436 Å². The molecular weight excluding hydrogens is 1140 g/mol. The van der Waals surface area contributed by atoms with Gasteiger partial charge in [0.15, 0.2) is 0 Å². The Morgan fingerprint density at radius 3 is 0.663 bits per heavy atom. The van der Waals surface area contributed by atoms with Crippen LogP contribution < -0.4 is 0 Å². The lowest BCUT2D eigenvalue weighted by Crippen LogP contribution is -2.45. The quantitative estimate of drug-likeness (QED) is 0.0954. The van der Waals surface area contributed by atoms with Gasteiger partial charge in [0, 0.05) is 0 Å². The molecule has 0 bridgehead atoms. The van der Waals surface area contributed by atoms with Crippen molar-refractivity contribution in [2.24, 2.45) is 46.3 Å². The van der Waals surface area contributed by atoms with Crippen LogP contribution in [0.3, 0.4) is 0 Å². The van der Waals surface area contributed by atoms with E-state index in [0.29, 0.717) is 10.8 Å². The van der Waals surface area contributed by atoms with Gasteiger partial charge in [-0.2, -0.15) is 0 Å². The van der Waals surface area contributed by atoms with E-state index in [9.17, 15) is 4.89 Å². The van der Waals surface area contributed by atoms with Crippen LogP contribution in [-0.4, -0.2) is 17.1 Å². The van der Waals surface area contributed by atoms with Crippen molar-refractivity contribution in [1.29, 1.82) is 0 Å². The minimum atomic E-state index is -2.03. The Bertz CT molecular complexity index is 1710. The fraction of sp³-hybridized carbons (Fsp3) is 0.864. The van der Waals surface area contributed by atoms with Gasteiger partial charge in [-0.3, -0.25) is 0 Å². The summed E-state index contributed by atoms with van der Waals surface area (Å²) in [6, 6.07) is 22.6. The van der Waals surface area contributed by atoms with Crippen LogP contribution in [0.15, 0.2) is 60.7 Å². The predicted molar refractivity (Wildman–Crippen MR) is 400 cm³/mol. The van der Waals surface area contributed by atoms with Crippen LogP contribution in [-0.2, 0) is 21.9 Å². The van der Waals surface area contributed by atoms with Crippen molar-refractivity contribution in [3.05, 3.63) is 71.8 Å². The van der Waals surface area contributed by atoms with Gasteiger partial charge in [0.05, 0.1) is 12.2 Å². The number of aryl methyl sites for hydroxylation is 2. The third kappa shape index (κ3) is 27.8. The standard InChI is InChI=1S/C88H151O3P/c89-92(90-85(71-49-57-77-53-33-31-34-54-77)73-51-75-87(79-59-37-19-7-1-8-20-38-60-79,80-61-39-21-9-2-10-22-40-62-80)81-63-41-23-11-3-12-24-42-64-81)91-86(72-50-58-78-55-35-32-36-56-78)74-52-76-88(82-65-43-25-13-4-14-26-44-66-82,83-67-45-27-15-5-16-28-46-68-83)84-69-47-29-17-6-18-30-48-70-84/h31-36,53-56,79-86,89H,1-30,37-52,57-76H2. The van der Waals surface area contributed by atoms with Crippen molar-refractivity contribution in [2.75, 3.05) is 0 Å². The van der Waals surface area contributed by atoms with E-state index in [2.05, 4.69) is 60.7 Å². The summed E-state index contributed by atoms with van der Waals surface area (Å²) < 4.78 is 14.6. The summed E-state index contributed by atoms with van der Waals surface area (Å²) >= 11 is 0. The number of hydrogen-bond acceptors (Lipinski definition) is 3. The topological polar surface area (TPSA) is 38.7 Å². The van der Waals surface area contributed by atoms with Crippen LogP contribution in [0.5, 0.6) is 0 Å². The molecule has 2 aromatic rings. The molecule has 2 atom stereocenters. The minimum absolute atomic E-state index is 0.0232. The Morgan fingerprint density at radius 2 is 0.457 bits per heavy atom. The lowest BCUT2D eigenvalue weighted by Gasteiger charge is -2.54. The number of hydrogen-bond donors (Lipinski definition) is 1. The second-order valence-corrected chi connectivity index (χ2v) is 33.8. The molecule has 8 rings (SSSR count). The zero-order chi connectivity index (χ0) is 63.5. The predicted octanol–water partition coefficient (Wildman–Crippen LogP) is 29.2.